The maximum Gasteiger partial charge on any atom is 0.410 e. The summed E-state index contributed by atoms with van der Waals surface area (Å²) in [6.45, 7) is 11.0. The Balaban J connectivity index is 2.27. The van der Waals surface area contributed by atoms with Crippen molar-refractivity contribution in [1.82, 2.24) is 4.90 Å². The van der Waals surface area contributed by atoms with E-state index in [4.69, 9.17) is 9.47 Å². The van der Waals surface area contributed by atoms with Crippen LogP contribution in [0.15, 0.2) is 0 Å². The van der Waals surface area contributed by atoms with Gasteiger partial charge in [0.05, 0.1) is 6.61 Å². The summed E-state index contributed by atoms with van der Waals surface area (Å²) < 4.78 is 11.3. The smallest absolute Gasteiger partial charge is 0.410 e. The molecule has 0 aromatic carbocycles. The van der Waals surface area contributed by atoms with Crippen LogP contribution in [0, 0.1) is 17.8 Å². The Labute approximate surface area is 191 Å². The minimum Gasteiger partial charge on any atom is -0.464 e. The molecular weight excluding hydrogens is 390 g/mol. The summed E-state index contributed by atoms with van der Waals surface area (Å²) in [5.74, 6) is 1.09. The molecule has 182 valence electrons. The Morgan fingerprint density at radius 3 is 2.10 bits per heavy atom. The van der Waals surface area contributed by atoms with E-state index in [-0.39, 0.29) is 12.1 Å². The third-order valence-corrected chi connectivity index (χ3v) is 6.92. The van der Waals surface area contributed by atoms with Crippen LogP contribution < -0.4 is 0 Å². The molecule has 5 heteroatoms. The van der Waals surface area contributed by atoms with Crippen LogP contribution in [0.5, 0.6) is 0 Å². The highest BCUT2D eigenvalue weighted by Crippen LogP contribution is 2.35. The number of ether oxygens (including phenoxy) is 2. The van der Waals surface area contributed by atoms with E-state index in [1.807, 2.05) is 0 Å². The molecule has 0 radical (unpaired) electrons. The van der Waals surface area contributed by atoms with E-state index in [0.29, 0.717) is 24.4 Å². The Kier molecular flexibility index (Phi) is 13.9. The quantitative estimate of drug-likeness (QED) is 0.216. The number of unbranched alkanes of at least 4 members (excludes halogenated alkanes) is 8. The van der Waals surface area contributed by atoms with Crippen LogP contribution in [0.3, 0.4) is 0 Å². The van der Waals surface area contributed by atoms with Gasteiger partial charge >= 0.3 is 12.1 Å². The van der Waals surface area contributed by atoms with Crippen molar-refractivity contribution in [2.24, 2.45) is 17.8 Å². The van der Waals surface area contributed by atoms with E-state index in [1.54, 1.807) is 14.0 Å². The van der Waals surface area contributed by atoms with Crippen LogP contribution in [-0.4, -0.2) is 42.8 Å². The fourth-order valence-electron chi connectivity index (χ4n) is 4.49. The van der Waals surface area contributed by atoms with Gasteiger partial charge < -0.3 is 9.47 Å². The lowest BCUT2D eigenvalue weighted by molar-refractivity contribution is -0.148. The first-order chi connectivity index (χ1) is 14.8. The third kappa shape index (κ3) is 10.7. The zero-order chi connectivity index (χ0) is 23.2. The lowest BCUT2D eigenvalue weighted by Crippen LogP contribution is -2.45. The van der Waals surface area contributed by atoms with Crippen molar-refractivity contribution in [3.05, 3.63) is 0 Å². The topological polar surface area (TPSA) is 55.8 Å². The fourth-order valence-corrected chi connectivity index (χ4v) is 4.49. The summed E-state index contributed by atoms with van der Waals surface area (Å²) in [7, 11) is 1.63. The average molecular weight is 440 g/mol. The van der Waals surface area contributed by atoms with E-state index < -0.39 is 12.1 Å². The molecule has 1 fully saturated rings. The van der Waals surface area contributed by atoms with Gasteiger partial charge in [-0.2, -0.15) is 0 Å². The SMILES string of the molecule is CCCCCCCCCCCOC(=O)C(C)N(C)C(=O)OC1CC(C)CCC1C(C)C. The van der Waals surface area contributed by atoms with Crippen LogP contribution in [0.4, 0.5) is 4.79 Å². The molecule has 1 aliphatic carbocycles. The highest BCUT2D eigenvalue weighted by Gasteiger charge is 2.35. The molecule has 5 nitrogen and oxygen atoms in total. The Morgan fingerprint density at radius 1 is 0.935 bits per heavy atom. The van der Waals surface area contributed by atoms with Gasteiger partial charge in [-0.05, 0) is 43.9 Å². The normalized spacial score (nSPS) is 22.2. The predicted octanol–water partition coefficient (Wildman–Crippen LogP) is 6.98. The van der Waals surface area contributed by atoms with Crippen LogP contribution in [-0.2, 0) is 14.3 Å². The van der Waals surface area contributed by atoms with Crippen molar-refractivity contribution in [2.45, 2.75) is 124 Å². The number of carbonyl (C=O) groups excluding carboxylic acids is 2. The summed E-state index contributed by atoms with van der Waals surface area (Å²) >= 11 is 0. The first-order valence-electron chi connectivity index (χ1n) is 12.9. The number of hydrogen-bond acceptors (Lipinski definition) is 4. The molecule has 4 unspecified atom stereocenters. The van der Waals surface area contributed by atoms with Crippen LogP contribution >= 0.6 is 0 Å². The number of nitrogens with zero attached hydrogens (tertiary/aromatic N) is 1. The minimum absolute atomic E-state index is 0.0658. The molecule has 0 aromatic rings. The molecule has 1 saturated carbocycles. The van der Waals surface area contributed by atoms with Crippen molar-refractivity contribution in [3.63, 3.8) is 0 Å². The van der Waals surface area contributed by atoms with Gasteiger partial charge in [0.25, 0.3) is 0 Å². The summed E-state index contributed by atoms with van der Waals surface area (Å²) in [6, 6.07) is -0.635. The van der Waals surface area contributed by atoms with Crippen molar-refractivity contribution >= 4 is 12.1 Å². The molecule has 1 aliphatic rings. The molecule has 0 saturated heterocycles. The molecule has 0 heterocycles. The molecule has 0 spiro atoms. The second-order valence-electron chi connectivity index (χ2n) is 10.0. The highest BCUT2D eigenvalue weighted by molar-refractivity contribution is 5.80. The van der Waals surface area contributed by atoms with E-state index in [1.165, 1.54) is 56.3 Å². The van der Waals surface area contributed by atoms with E-state index in [9.17, 15) is 9.59 Å². The van der Waals surface area contributed by atoms with Crippen molar-refractivity contribution < 1.29 is 19.1 Å². The molecule has 0 N–H and O–H groups in total. The molecule has 4 atom stereocenters. The standard InChI is InChI=1S/C26H49NO4/c1-7-8-9-10-11-12-13-14-15-18-30-25(28)22(5)27(6)26(29)31-24-19-21(4)16-17-23(24)20(2)3/h20-24H,7-19H2,1-6H3. The van der Waals surface area contributed by atoms with Crippen molar-refractivity contribution in [2.75, 3.05) is 13.7 Å². The Morgan fingerprint density at radius 2 is 1.52 bits per heavy atom. The molecule has 1 amide bonds. The van der Waals surface area contributed by atoms with Gasteiger partial charge in [0.2, 0.25) is 0 Å². The highest BCUT2D eigenvalue weighted by atomic mass is 16.6. The van der Waals surface area contributed by atoms with Crippen LogP contribution in [0.2, 0.25) is 0 Å². The second-order valence-corrected chi connectivity index (χ2v) is 10.0. The van der Waals surface area contributed by atoms with Crippen LogP contribution in [0.1, 0.15) is 112 Å². The first-order valence-corrected chi connectivity index (χ1v) is 12.9. The zero-order valence-corrected chi connectivity index (χ0v) is 21.2. The number of likely N-dealkylation sites (N-methyl/N-ethyl adjacent to an activating group) is 1. The lowest BCUT2D eigenvalue weighted by Gasteiger charge is -2.37. The van der Waals surface area contributed by atoms with Gasteiger partial charge in [-0.1, -0.05) is 85.5 Å². The molecule has 0 aliphatic heterocycles. The predicted molar refractivity (Wildman–Crippen MR) is 127 cm³/mol. The second kappa shape index (κ2) is 15.5. The number of amides is 1. The van der Waals surface area contributed by atoms with Gasteiger partial charge in [-0.3, -0.25) is 4.90 Å². The van der Waals surface area contributed by atoms with Gasteiger partial charge in [0.1, 0.15) is 12.1 Å². The van der Waals surface area contributed by atoms with Crippen molar-refractivity contribution in [1.29, 1.82) is 0 Å². The van der Waals surface area contributed by atoms with Gasteiger partial charge in [0, 0.05) is 7.05 Å². The van der Waals surface area contributed by atoms with E-state index >= 15 is 0 Å². The zero-order valence-electron chi connectivity index (χ0n) is 21.2. The van der Waals surface area contributed by atoms with Crippen LogP contribution in [0.25, 0.3) is 0 Å². The van der Waals surface area contributed by atoms with Crippen molar-refractivity contribution in [3.8, 4) is 0 Å². The lowest BCUT2D eigenvalue weighted by atomic mass is 9.75. The molecule has 0 aromatic heterocycles. The molecule has 1 rings (SSSR count). The maximum atomic E-state index is 12.7. The number of carbonyl (C=O) groups is 2. The Bertz CT molecular complexity index is 508. The number of esters is 1. The summed E-state index contributed by atoms with van der Waals surface area (Å²) in [5, 5.41) is 0. The fraction of sp³-hybridized carbons (Fsp3) is 0.923. The van der Waals surface area contributed by atoms with E-state index in [2.05, 4.69) is 27.7 Å². The minimum atomic E-state index is -0.635. The van der Waals surface area contributed by atoms with E-state index in [0.717, 1.165) is 25.7 Å². The molecular formula is C26H49NO4. The number of rotatable bonds is 14. The monoisotopic (exact) mass is 439 g/mol. The largest absolute Gasteiger partial charge is 0.464 e. The Hall–Kier alpha value is -1.26. The number of hydrogen-bond donors (Lipinski definition) is 0. The average Bonchev–Trinajstić information content (AvgIpc) is 2.73. The van der Waals surface area contributed by atoms with Gasteiger partial charge in [0.15, 0.2) is 0 Å². The first kappa shape index (κ1) is 27.8. The van der Waals surface area contributed by atoms with Gasteiger partial charge in [-0.25, -0.2) is 9.59 Å². The molecule has 0 bridgehead atoms. The summed E-state index contributed by atoms with van der Waals surface area (Å²) in [6.07, 6.45) is 13.8. The molecule has 31 heavy (non-hydrogen) atoms. The maximum absolute atomic E-state index is 12.7. The summed E-state index contributed by atoms with van der Waals surface area (Å²) in [5.41, 5.74) is 0. The third-order valence-electron chi connectivity index (χ3n) is 6.92. The summed E-state index contributed by atoms with van der Waals surface area (Å²) in [4.78, 5) is 26.4. The van der Waals surface area contributed by atoms with Gasteiger partial charge in [-0.15, -0.1) is 0 Å².